The van der Waals surface area contributed by atoms with Gasteiger partial charge in [0.25, 0.3) is 11.6 Å². The van der Waals surface area contributed by atoms with Gasteiger partial charge >= 0.3 is 0 Å². The van der Waals surface area contributed by atoms with Crippen molar-refractivity contribution in [2.75, 3.05) is 16.4 Å². The van der Waals surface area contributed by atoms with Crippen LogP contribution in [0.5, 0.6) is 0 Å². The molecule has 5 rings (SSSR count). The van der Waals surface area contributed by atoms with Gasteiger partial charge in [0, 0.05) is 39.2 Å². The molecule has 2 N–H and O–H groups in total. The van der Waals surface area contributed by atoms with Crippen molar-refractivity contribution in [1.29, 1.82) is 0 Å². The number of benzene rings is 4. The molecule has 0 aliphatic rings. The molecule has 0 saturated heterocycles. The van der Waals surface area contributed by atoms with Gasteiger partial charge < -0.3 is 10.6 Å². The predicted octanol–water partition coefficient (Wildman–Crippen LogP) is 6.85. The van der Waals surface area contributed by atoms with E-state index in [9.17, 15) is 19.7 Å². The lowest BCUT2D eigenvalue weighted by atomic mass is 10.1. The molecule has 0 bridgehead atoms. The minimum Gasteiger partial charge on any atom is -0.322 e. The van der Waals surface area contributed by atoms with E-state index in [4.69, 9.17) is 0 Å². The number of non-ortho nitro benzene ring substituents is 1. The minimum absolute atomic E-state index is 0.0202. The highest BCUT2D eigenvalue weighted by molar-refractivity contribution is 8.00. The fourth-order valence-corrected chi connectivity index (χ4v) is 5.24. The number of rotatable bonds is 8. The topological polar surface area (TPSA) is 114 Å². The molecule has 1 heterocycles. The summed E-state index contributed by atoms with van der Waals surface area (Å²) >= 11 is 2.58. The molecule has 0 spiro atoms. The predicted molar refractivity (Wildman–Crippen MR) is 152 cm³/mol. The molecule has 188 valence electrons. The second-order valence-corrected chi connectivity index (χ2v) is 10.1. The third-order valence-electron chi connectivity index (χ3n) is 5.58. The van der Waals surface area contributed by atoms with Crippen LogP contribution in [-0.4, -0.2) is 27.5 Å². The molecule has 0 saturated carbocycles. The summed E-state index contributed by atoms with van der Waals surface area (Å²) in [5.74, 6) is -0.298. The van der Waals surface area contributed by atoms with Gasteiger partial charge in [0.1, 0.15) is 0 Å². The number of hydrogen-bond donors (Lipinski definition) is 2. The van der Waals surface area contributed by atoms with Crippen LogP contribution in [0.3, 0.4) is 0 Å². The maximum absolute atomic E-state index is 12.8. The highest BCUT2D eigenvalue weighted by atomic mass is 32.2. The van der Waals surface area contributed by atoms with Crippen LogP contribution in [0.25, 0.3) is 22.0 Å². The number of thioether (sulfide) groups is 1. The number of aromatic nitrogens is 1. The summed E-state index contributed by atoms with van der Waals surface area (Å²) in [7, 11) is 0. The molecule has 0 aliphatic heterocycles. The molecule has 0 radical (unpaired) electrons. The average molecular weight is 541 g/mol. The Kier molecular flexibility index (Phi) is 7.43. The van der Waals surface area contributed by atoms with E-state index < -0.39 is 4.92 Å². The van der Waals surface area contributed by atoms with Gasteiger partial charge in [-0.15, -0.1) is 23.1 Å². The number of carbonyl (C=O) groups excluding carboxylic acids is 2. The molecule has 5 aromatic rings. The van der Waals surface area contributed by atoms with Gasteiger partial charge in [0.05, 0.1) is 16.4 Å². The molecule has 4 aromatic carbocycles. The average Bonchev–Trinajstić information content (AvgIpc) is 3.40. The van der Waals surface area contributed by atoms with Crippen molar-refractivity contribution < 1.29 is 14.5 Å². The number of fused-ring (bicyclic) bond motifs is 1. The Balaban J connectivity index is 1.17. The largest absolute Gasteiger partial charge is 0.322 e. The first-order chi connectivity index (χ1) is 18.4. The van der Waals surface area contributed by atoms with Crippen LogP contribution >= 0.6 is 23.1 Å². The molecule has 8 nitrogen and oxygen atoms in total. The fraction of sp³-hybridized carbons (Fsp3) is 0.0357. The Morgan fingerprint density at radius 3 is 2.55 bits per heavy atom. The first-order valence-corrected chi connectivity index (χ1v) is 13.3. The zero-order valence-electron chi connectivity index (χ0n) is 19.8. The fourth-order valence-electron chi connectivity index (χ4n) is 3.74. The van der Waals surface area contributed by atoms with Crippen molar-refractivity contribution >= 4 is 62.2 Å². The van der Waals surface area contributed by atoms with Gasteiger partial charge in [0.2, 0.25) is 5.91 Å². The summed E-state index contributed by atoms with van der Waals surface area (Å²) in [5.41, 5.74) is 2.33. The lowest BCUT2D eigenvalue weighted by molar-refractivity contribution is -0.384. The van der Waals surface area contributed by atoms with E-state index in [1.165, 1.54) is 35.2 Å². The molecular weight excluding hydrogens is 520 g/mol. The van der Waals surface area contributed by atoms with Crippen LogP contribution in [0.1, 0.15) is 10.4 Å². The second-order valence-electron chi connectivity index (χ2n) is 8.23. The van der Waals surface area contributed by atoms with E-state index in [1.807, 2.05) is 54.6 Å². The Morgan fingerprint density at radius 2 is 1.71 bits per heavy atom. The van der Waals surface area contributed by atoms with E-state index in [-0.39, 0.29) is 23.3 Å². The lowest BCUT2D eigenvalue weighted by Gasteiger charge is -2.08. The summed E-state index contributed by atoms with van der Waals surface area (Å²) in [6, 6.07) is 26.9. The van der Waals surface area contributed by atoms with Crippen molar-refractivity contribution in [2.24, 2.45) is 0 Å². The Morgan fingerprint density at radius 1 is 0.895 bits per heavy atom. The summed E-state index contributed by atoms with van der Waals surface area (Å²) in [6.07, 6.45) is 0. The number of amides is 2. The van der Waals surface area contributed by atoms with Crippen LogP contribution in [0.4, 0.5) is 16.5 Å². The number of nitro groups is 1. The monoisotopic (exact) mass is 540 g/mol. The van der Waals surface area contributed by atoms with Crippen LogP contribution in [-0.2, 0) is 4.79 Å². The zero-order valence-corrected chi connectivity index (χ0v) is 21.4. The normalized spacial score (nSPS) is 10.7. The van der Waals surface area contributed by atoms with Crippen molar-refractivity contribution in [1.82, 2.24) is 4.98 Å². The van der Waals surface area contributed by atoms with Crippen LogP contribution in [0.15, 0.2) is 101 Å². The molecule has 38 heavy (non-hydrogen) atoms. The molecular formula is C28H20N4O4S2. The van der Waals surface area contributed by atoms with Crippen LogP contribution in [0, 0.1) is 10.1 Å². The third-order valence-corrected chi connectivity index (χ3v) is 7.33. The maximum atomic E-state index is 12.8. The summed E-state index contributed by atoms with van der Waals surface area (Å²) < 4.78 is 0. The van der Waals surface area contributed by atoms with E-state index >= 15 is 0 Å². The molecule has 1 aromatic heterocycles. The van der Waals surface area contributed by atoms with Gasteiger partial charge in [-0.1, -0.05) is 48.5 Å². The first-order valence-electron chi connectivity index (χ1n) is 11.5. The van der Waals surface area contributed by atoms with Crippen molar-refractivity contribution in [2.45, 2.75) is 4.90 Å². The van der Waals surface area contributed by atoms with Crippen LogP contribution in [0.2, 0.25) is 0 Å². The highest BCUT2D eigenvalue weighted by Crippen LogP contribution is 2.28. The van der Waals surface area contributed by atoms with Gasteiger partial charge in [-0.05, 0) is 41.1 Å². The maximum Gasteiger partial charge on any atom is 0.270 e. The third kappa shape index (κ3) is 6.05. The number of nitrogens with one attached hydrogen (secondary N) is 2. The number of carbonyl (C=O) groups is 2. The number of nitrogens with zero attached hydrogens (tertiary/aromatic N) is 2. The van der Waals surface area contributed by atoms with Crippen molar-refractivity contribution in [3.63, 3.8) is 0 Å². The molecule has 10 heteroatoms. The second kappa shape index (κ2) is 11.2. The van der Waals surface area contributed by atoms with Crippen molar-refractivity contribution in [3.8, 4) is 11.3 Å². The summed E-state index contributed by atoms with van der Waals surface area (Å²) in [5, 5.41) is 20.9. The number of thiazole rings is 1. The number of anilines is 2. The molecule has 0 fully saturated rings. The zero-order chi connectivity index (χ0) is 26.5. The van der Waals surface area contributed by atoms with Gasteiger partial charge in [0.15, 0.2) is 5.13 Å². The van der Waals surface area contributed by atoms with E-state index in [0.29, 0.717) is 27.6 Å². The Bertz CT molecular complexity index is 1670. The number of hydrogen-bond acceptors (Lipinski definition) is 7. The van der Waals surface area contributed by atoms with E-state index in [0.717, 1.165) is 15.7 Å². The van der Waals surface area contributed by atoms with Gasteiger partial charge in [-0.3, -0.25) is 19.7 Å². The molecule has 2 amide bonds. The Labute approximate surface area is 225 Å². The molecule has 0 atom stereocenters. The van der Waals surface area contributed by atoms with Gasteiger partial charge in [-0.25, -0.2) is 4.98 Å². The van der Waals surface area contributed by atoms with Crippen molar-refractivity contribution in [3.05, 3.63) is 112 Å². The summed E-state index contributed by atoms with van der Waals surface area (Å²) in [4.78, 5) is 41.0. The summed E-state index contributed by atoms with van der Waals surface area (Å²) in [6.45, 7) is 0. The van der Waals surface area contributed by atoms with E-state index in [1.54, 1.807) is 29.6 Å². The van der Waals surface area contributed by atoms with Gasteiger partial charge in [-0.2, -0.15) is 0 Å². The molecule has 0 aliphatic carbocycles. The van der Waals surface area contributed by atoms with E-state index in [2.05, 4.69) is 15.6 Å². The lowest BCUT2D eigenvalue weighted by Crippen LogP contribution is -2.14. The minimum atomic E-state index is -0.459. The molecule has 0 unspecified atom stereocenters. The first kappa shape index (κ1) is 25.1. The smallest absolute Gasteiger partial charge is 0.270 e. The van der Waals surface area contributed by atoms with Crippen LogP contribution < -0.4 is 10.6 Å². The quantitative estimate of drug-likeness (QED) is 0.126. The number of nitro benzene ring substituents is 1. The SMILES string of the molecule is O=C(CSc1cccc(NC(=O)c2ccc3ccccc3c2)c1)Nc1nc(-c2cccc([N+](=O)[O-])c2)cs1. The Hall–Kier alpha value is -4.54. The standard InChI is InChI=1S/C28H20N4O4S2/c33-26(31-28-30-25(16-38-28)20-7-3-9-23(14-20)32(35)36)17-37-24-10-4-8-22(15-24)29-27(34)21-12-11-18-5-1-2-6-19(18)13-21/h1-16H,17H2,(H,29,34)(H,30,31,33). The highest BCUT2D eigenvalue weighted by Gasteiger charge is 2.12.